The van der Waals surface area contributed by atoms with E-state index in [4.69, 9.17) is 11.6 Å². The maximum absolute atomic E-state index is 13.1. The summed E-state index contributed by atoms with van der Waals surface area (Å²) in [5.74, 6) is -0.929. The van der Waals surface area contributed by atoms with Gasteiger partial charge in [0.2, 0.25) is 11.8 Å². The second kappa shape index (κ2) is 5.27. The summed E-state index contributed by atoms with van der Waals surface area (Å²) in [6, 6.07) is 3.66. The van der Waals surface area contributed by atoms with E-state index >= 15 is 0 Å². The lowest BCUT2D eigenvalue weighted by molar-refractivity contribution is -0.137. The minimum absolute atomic E-state index is 0.0390. The fourth-order valence-electron chi connectivity index (χ4n) is 2.07. The molecule has 1 aromatic carbocycles. The molecule has 0 radical (unpaired) electrons. The van der Waals surface area contributed by atoms with E-state index in [0.717, 1.165) is 10.5 Å². The first-order valence-electron chi connectivity index (χ1n) is 5.91. The number of rotatable bonds is 3. The van der Waals surface area contributed by atoms with Crippen molar-refractivity contribution in [3.05, 3.63) is 34.6 Å². The van der Waals surface area contributed by atoms with Crippen molar-refractivity contribution in [1.29, 1.82) is 0 Å². The molecule has 1 aliphatic rings. The predicted molar refractivity (Wildman–Crippen MR) is 69.1 cm³/mol. The Bertz CT molecular complexity index is 535. The van der Waals surface area contributed by atoms with Crippen molar-refractivity contribution in [2.45, 2.75) is 25.4 Å². The zero-order valence-electron chi connectivity index (χ0n) is 10.6. The monoisotopic (exact) mass is 284 g/mol. The Kier molecular flexibility index (Phi) is 3.87. The lowest BCUT2D eigenvalue weighted by Crippen LogP contribution is -2.38. The highest BCUT2D eigenvalue weighted by atomic mass is 35.5. The molecule has 6 heteroatoms. The number of hydrogen-bond acceptors (Lipinski definition) is 3. The molecule has 1 N–H and O–H groups in total. The smallest absolute Gasteiger partial charge is 0.246 e. The van der Waals surface area contributed by atoms with Crippen molar-refractivity contribution in [3.63, 3.8) is 0 Å². The number of imide groups is 1. The van der Waals surface area contributed by atoms with Gasteiger partial charge < -0.3 is 0 Å². The highest BCUT2D eigenvalue weighted by Crippen LogP contribution is 2.22. The fraction of sp³-hybridized carbons (Fsp3) is 0.385. The third kappa shape index (κ3) is 2.77. The van der Waals surface area contributed by atoms with Crippen LogP contribution in [-0.2, 0) is 9.59 Å². The van der Waals surface area contributed by atoms with Crippen molar-refractivity contribution < 1.29 is 14.0 Å². The van der Waals surface area contributed by atoms with Crippen molar-refractivity contribution in [2.24, 2.45) is 0 Å². The van der Waals surface area contributed by atoms with Crippen LogP contribution in [0.15, 0.2) is 18.2 Å². The first-order valence-corrected chi connectivity index (χ1v) is 6.29. The normalized spacial score (nSPS) is 21.1. The molecule has 0 bridgehead atoms. The number of halogens is 2. The van der Waals surface area contributed by atoms with E-state index in [0.29, 0.717) is 0 Å². The Morgan fingerprint density at radius 1 is 1.47 bits per heavy atom. The number of hydrogen-bond donors (Lipinski definition) is 1. The molecular weight excluding hydrogens is 271 g/mol. The van der Waals surface area contributed by atoms with Gasteiger partial charge in [0.15, 0.2) is 0 Å². The molecule has 0 saturated carbocycles. The number of amides is 2. The van der Waals surface area contributed by atoms with Gasteiger partial charge in [0.1, 0.15) is 5.82 Å². The Morgan fingerprint density at radius 3 is 2.68 bits per heavy atom. The third-order valence-corrected chi connectivity index (χ3v) is 3.57. The van der Waals surface area contributed by atoms with Crippen LogP contribution in [0.25, 0.3) is 0 Å². The number of likely N-dealkylation sites (tertiary alicyclic amines) is 1. The molecule has 0 aliphatic carbocycles. The third-order valence-electron chi connectivity index (χ3n) is 3.28. The highest BCUT2D eigenvalue weighted by Gasteiger charge is 2.36. The van der Waals surface area contributed by atoms with E-state index in [2.05, 4.69) is 5.32 Å². The second-order valence-corrected chi connectivity index (χ2v) is 5.02. The van der Waals surface area contributed by atoms with Crippen LogP contribution in [0.1, 0.15) is 24.9 Å². The molecule has 1 saturated heterocycles. The molecule has 0 spiro atoms. The molecule has 1 heterocycles. The van der Waals surface area contributed by atoms with E-state index in [-0.39, 0.29) is 29.3 Å². The lowest BCUT2D eigenvalue weighted by Gasteiger charge is -2.18. The number of likely N-dealkylation sites (N-methyl/N-ethyl adjacent to an activating group) is 1. The minimum Gasteiger partial charge on any atom is -0.299 e. The van der Waals surface area contributed by atoms with Gasteiger partial charge in [0, 0.05) is 13.1 Å². The van der Waals surface area contributed by atoms with Gasteiger partial charge in [0.05, 0.1) is 17.5 Å². The molecule has 0 aromatic heterocycles. The summed E-state index contributed by atoms with van der Waals surface area (Å²) >= 11 is 5.72. The van der Waals surface area contributed by atoms with Crippen LogP contribution in [-0.4, -0.2) is 29.8 Å². The van der Waals surface area contributed by atoms with Crippen molar-refractivity contribution in [1.82, 2.24) is 10.2 Å². The van der Waals surface area contributed by atoms with Crippen molar-refractivity contribution in [2.75, 3.05) is 7.05 Å². The van der Waals surface area contributed by atoms with Crippen LogP contribution in [0.5, 0.6) is 0 Å². The molecule has 102 valence electrons. The van der Waals surface area contributed by atoms with Crippen LogP contribution < -0.4 is 5.32 Å². The minimum atomic E-state index is -0.531. The molecule has 2 atom stereocenters. The maximum Gasteiger partial charge on any atom is 0.246 e. The zero-order valence-corrected chi connectivity index (χ0v) is 11.4. The van der Waals surface area contributed by atoms with Crippen LogP contribution in [0, 0.1) is 5.82 Å². The standard InChI is InChI=1S/C13H14ClFN2O2/c1-7(8-3-4-10(15)9(14)5-8)16-11-6-12(18)17(2)13(11)19/h3-5,7,11,16H,6H2,1-2H3. The van der Waals surface area contributed by atoms with Crippen LogP contribution in [0.4, 0.5) is 4.39 Å². The Balaban J connectivity index is 2.09. The molecule has 1 aromatic rings. The van der Waals surface area contributed by atoms with Gasteiger partial charge in [0.25, 0.3) is 0 Å². The maximum atomic E-state index is 13.1. The first kappa shape index (κ1) is 14.0. The first-order chi connectivity index (χ1) is 8.90. The van der Waals surface area contributed by atoms with Gasteiger partial charge in [-0.25, -0.2) is 4.39 Å². The number of carbonyl (C=O) groups excluding carboxylic acids is 2. The number of nitrogens with one attached hydrogen (secondary N) is 1. The summed E-state index contributed by atoms with van der Waals surface area (Å²) in [5.41, 5.74) is 0.765. The van der Waals surface area contributed by atoms with E-state index in [1.54, 1.807) is 6.07 Å². The van der Waals surface area contributed by atoms with Crippen molar-refractivity contribution in [3.8, 4) is 0 Å². The molecule has 1 fully saturated rings. The predicted octanol–water partition coefficient (Wildman–Crippen LogP) is 1.89. The SMILES string of the molecule is CC(NC1CC(=O)N(C)C1=O)c1ccc(F)c(Cl)c1. The molecular formula is C13H14ClFN2O2. The molecule has 4 nitrogen and oxygen atoms in total. The molecule has 2 rings (SSSR count). The second-order valence-electron chi connectivity index (χ2n) is 4.61. The van der Waals surface area contributed by atoms with Crippen LogP contribution in [0.2, 0.25) is 5.02 Å². The molecule has 2 amide bonds. The van der Waals surface area contributed by atoms with Gasteiger partial charge in [-0.3, -0.25) is 19.8 Å². The van der Waals surface area contributed by atoms with Gasteiger partial charge in [-0.1, -0.05) is 17.7 Å². The number of benzene rings is 1. The summed E-state index contributed by atoms with van der Waals surface area (Å²) in [6.45, 7) is 1.83. The lowest BCUT2D eigenvalue weighted by atomic mass is 10.1. The summed E-state index contributed by atoms with van der Waals surface area (Å²) in [7, 11) is 1.46. The Hall–Kier alpha value is -1.46. The van der Waals surface area contributed by atoms with Gasteiger partial charge in [-0.05, 0) is 24.6 Å². The number of nitrogens with zero attached hydrogens (tertiary/aromatic N) is 1. The quantitative estimate of drug-likeness (QED) is 0.863. The zero-order chi connectivity index (χ0) is 14.2. The fourth-order valence-corrected chi connectivity index (χ4v) is 2.25. The van der Waals surface area contributed by atoms with Crippen LogP contribution >= 0.6 is 11.6 Å². The molecule has 1 aliphatic heterocycles. The molecule has 2 unspecified atom stereocenters. The van der Waals surface area contributed by atoms with Crippen molar-refractivity contribution >= 4 is 23.4 Å². The summed E-state index contributed by atoms with van der Waals surface area (Å²) < 4.78 is 13.1. The topological polar surface area (TPSA) is 49.4 Å². The van der Waals surface area contributed by atoms with Gasteiger partial charge in [-0.15, -0.1) is 0 Å². The van der Waals surface area contributed by atoms with E-state index in [1.807, 2.05) is 6.92 Å². The van der Waals surface area contributed by atoms with E-state index in [9.17, 15) is 14.0 Å². The van der Waals surface area contributed by atoms with Gasteiger partial charge >= 0.3 is 0 Å². The summed E-state index contributed by atoms with van der Waals surface area (Å²) in [4.78, 5) is 24.3. The largest absolute Gasteiger partial charge is 0.299 e. The van der Waals surface area contributed by atoms with Crippen LogP contribution in [0.3, 0.4) is 0 Å². The average Bonchev–Trinajstić information content (AvgIpc) is 2.60. The Morgan fingerprint density at radius 2 is 2.16 bits per heavy atom. The number of carbonyl (C=O) groups is 2. The van der Waals surface area contributed by atoms with Gasteiger partial charge in [-0.2, -0.15) is 0 Å². The van der Waals surface area contributed by atoms with E-state index in [1.165, 1.54) is 19.2 Å². The Labute approximate surface area is 115 Å². The molecule has 19 heavy (non-hydrogen) atoms. The highest BCUT2D eigenvalue weighted by molar-refractivity contribution is 6.30. The summed E-state index contributed by atoms with van der Waals surface area (Å²) in [6.07, 6.45) is 0.147. The summed E-state index contributed by atoms with van der Waals surface area (Å²) in [5, 5.41) is 3.10. The average molecular weight is 285 g/mol. The van der Waals surface area contributed by atoms with E-state index < -0.39 is 11.9 Å².